The maximum Gasteiger partial charge on any atom is 0.211 e. The van der Waals surface area contributed by atoms with Gasteiger partial charge < -0.3 is 9.47 Å². The molecule has 2 saturated carbocycles. The first-order chi connectivity index (χ1) is 9.08. The van der Waals surface area contributed by atoms with Gasteiger partial charge in [0.2, 0.25) is 5.79 Å². The van der Waals surface area contributed by atoms with E-state index in [1.165, 1.54) is 32.8 Å². The molecule has 0 atom stereocenters. The predicted octanol–water partition coefficient (Wildman–Crippen LogP) is 5.01. The average Bonchev–Trinajstić information content (AvgIpc) is 3.07. The lowest BCUT2D eigenvalue weighted by Crippen LogP contribution is -2.39. The SMILES string of the molecule is IC1=CC2(C=C(I)C3(CCCC3)O2)OC12CCCC2. The first kappa shape index (κ1) is 13.5. The van der Waals surface area contributed by atoms with Gasteiger partial charge in [-0.15, -0.1) is 0 Å². The number of halogens is 2. The summed E-state index contributed by atoms with van der Waals surface area (Å²) in [5.74, 6) is -0.554. The van der Waals surface area contributed by atoms with Crippen LogP contribution in [-0.2, 0) is 9.47 Å². The Morgan fingerprint density at radius 1 is 0.737 bits per heavy atom. The van der Waals surface area contributed by atoms with E-state index in [-0.39, 0.29) is 11.2 Å². The van der Waals surface area contributed by atoms with E-state index in [0.29, 0.717) is 0 Å². The van der Waals surface area contributed by atoms with Crippen molar-refractivity contribution in [1.82, 2.24) is 0 Å². The van der Waals surface area contributed by atoms with Gasteiger partial charge >= 0.3 is 0 Å². The molecule has 4 heteroatoms. The molecule has 2 fully saturated rings. The third-order valence-electron chi connectivity index (χ3n) is 5.06. The summed E-state index contributed by atoms with van der Waals surface area (Å²) in [4.78, 5) is 0. The van der Waals surface area contributed by atoms with Crippen LogP contribution in [0.3, 0.4) is 0 Å². The van der Waals surface area contributed by atoms with E-state index in [9.17, 15) is 0 Å². The zero-order valence-electron chi connectivity index (χ0n) is 10.9. The Hall–Kier alpha value is 0.860. The number of rotatable bonds is 0. The van der Waals surface area contributed by atoms with Crippen molar-refractivity contribution in [3.8, 4) is 0 Å². The predicted molar refractivity (Wildman–Crippen MR) is 91.5 cm³/mol. The molecule has 0 saturated heterocycles. The van der Waals surface area contributed by atoms with Gasteiger partial charge in [0.05, 0.1) is 0 Å². The van der Waals surface area contributed by atoms with E-state index in [1.54, 1.807) is 0 Å². The molecule has 19 heavy (non-hydrogen) atoms. The molecule has 2 aliphatic heterocycles. The summed E-state index contributed by atoms with van der Waals surface area (Å²) < 4.78 is 15.8. The van der Waals surface area contributed by atoms with Crippen LogP contribution in [-0.4, -0.2) is 17.0 Å². The van der Waals surface area contributed by atoms with Crippen LogP contribution in [0.5, 0.6) is 0 Å². The fourth-order valence-corrected chi connectivity index (χ4v) is 6.25. The highest BCUT2D eigenvalue weighted by atomic mass is 127. The van der Waals surface area contributed by atoms with Crippen molar-refractivity contribution in [2.75, 3.05) is 0 Å². The van der Waals surface area contributed by atoms with Crippen LogP contribution >= 0.6 is 45.2 Å². The first-order valence-corrected chi connectivity index (χ1v) is 9.42. The monoisotopic (exact) mass is 484 g/mol. The Balaban J connectivity index is 1.67. The summed E-state index contributed by atoms with van der Waals surface area (Å²) in [7, 11) is 0. The maximum absolute atomic E-state index is 6.52. The van der Waals surface area contributed by atoms with Gasteiger partial charge in [0, 0.05) is 7.16 Å². The van der Waals surface area contributed by atoms with E-state index in [2.05, 4.69) is 57.3 Å². The number of ether oxygens (including phenoxy) is 2. The van der Waals surface area contributed by atoms with E-state index < -0.39 is 5.79 Å². The molecular formula is C15H18I2O2. The van der Waals surface area contributed by atoms with E-state index in [1.807, 2.05) is 0 Å². The highest BCUT2D eigenvalue weighted by Crippen LogP contribution is 2.58. The second kappa shape index (κ2) is 4.43. The smallest absolute Gasteiger partial charge is 0.211 e. The first-order valence-electron chi connectivity index (χ1n) is 7.26. The van der Waals surface area contributed by atoms with Crippen molar-refractivity contribution < 1.29 is 9.47 Å². The van der Waals surface area contributed by atoms with E-state index >= 15 is 0 Å². The molecule has 0 bridgehead atoms. The van der Waals surface area contributed by atoms with Crippen LogP contribution < -0.4 is 0 Å². The lowest BCUT2D eigenvalue weighted by atomic mass is 10.0. The van der Waals surface area contributed by atoms with Crippen molar-refractivity contribution in [2.24, 2.45) is 0 Å². The zero-order valence-corrected chi connectivity index (χ0v) is 15.2. The minimum atomic E-state index is -0.554. The van der Waals surface area contributed by atoms with Gasteiger partial charge in [0.15, 0.2) is 0 Å². The standard InChI is InChI=1S/C15H18I2O2/c16-11-9-15(18-13(11)5-1-2-6-13)10-12(17)14(19-15)7-3-4-8-14/h9-10H,1-8H2. The summed E-state index contributed by atoms with van der Waals surface area (Å²) in [5.41, 5.74) is -0.0593. The topological polar surface area (TPSA) is 18.5 Å². The third-order valence-corrected chi connectivity index (χ3v) is 7.65. The minimum absolute atomic E-state index is 0.0296. The molecule has 2 heterocycles. The summed E-state index contributed by atoms with van der Waals surface area (Å²) in [6, 6.07) is 0. The third kappa shape index (κ3) is 1.92. The molecule has 0 unspecified atom stereocenters. The Morgan fingerprint density at radius 2 is 1.11 bits per heavy atom. The van der Waals surface area contributed by atoms with Crippen LogP contribution in [0.1, 0.15) is 51.4 Å². The molecule has 4 aliphatic rings. The maximum atomic E-state index is 6.52. The van der Waals surface area contributed by atoms with Crippen molar-refractivity contribution >= 4 is 45.2 Å². The highest BCUT2D eigenvalue weighted by molar-refractivity contribution is 14.1. The zero-order chi connectivity index (χ0) is 13.1. The van der Waals surface area contributed by atoms with Gasteiger partial charge in [-0.1, -0.05) is 25.7 Å². The fourth-order valence-electron chi connectivity index (χ4n) is 4.08. The molecule has 0 amide bonds. The summed E-state index contributed by atoms with van der Waals surface area (Å²) in [6.07, 6.45) is 14.2. The lowest BCUT2D eigenvalue weighted by molar-refractivity contribution is -0.232. The molecule has 0 radical (unpaired) electrons. The van der Waals surface area contributed by atoms with Crippen LogP contribution in [0.2, 0.25) is 0 Å². The molecular weight excluding hydrogens is 466 g/mol. The highest BCUT2D eigenvalue weighted by Gasteiger charge is 2.58. The van der Waals surface area contributed by atoms with Gasteiger partial charge in [-0.3, -0.25) is 0 Å². The fraction of sp³-hybridized carbons (Fsp3) is 0.733. The molecule has 2 aliphatic carbocycles. The van der Waals surface area contributed by atoms with Crippen molar-refractivity contribution in [1.29, 1.82) is 0 Å². The van der Waals surface area contributed by atoms with Crippen LogP contribution in [0, 0.1) is 0 Å². The van der Waals surface area contributed by atoms with E-state index in [4.69, 9.17) is 9.47 Å². The van der Waals surface area contributed by atoms with Crippen molar-refractivity contribution in [3.05, 3.63) is 19.3 Å². The summed E-state index contributed by atoms with van der Waals surface area (Å²) >= 11 is 4.94. The molecule has 3 spiro atoms. The van der Waals surface area contributed by atoms with Gasteiger partial charge in [-0.2, -0.15) is 0 Å². The van der Waals surface area contributed by atoms with Crippen LogP contribution in [0.4, 0.5) is 0 Å². The second-order valence-electron chi connectivity index (χ2n) is 6.31. The lowest BCUT2D eigenvalue weighted by Gasteiger charge is -2.33. The Morgan fingerprint density at radius 3 is 1.47 bits per heavy atom. The molecule has 0 aromatic heterocycles. The second-order valence-corrected chi connectivity index (χ2v) is 8.64. The van der Waals surface area contributed by atoms with Crippen molar-refractivity contribution in [2.45, 2.75) is 68.4 Å². The molecule has 0 N–H and O–H groups in total. The number of hydrogen-bond donors (Lipinski definition) is 0. The molecule has 0 aromatic rings. The molecule has 4 rings (SSSR count). The van der Waals surface area contributed by atoms with Crippen molar-refractivity contribution in [3.63, 3.8) is 0 Å². The molecule has 2 nitrogen and oxygen atoms in total. The minimum Gasteiger partial charge on any atom is -0.331 e. The molecule has 0 aromatic carbocycles. The molecule has 104 valence electrons. The largest absolute Gasteiger partial charge is 0.331 e. The van der Waals surface area contributed by atoms with Crippen LogP contribution in [0.15, 0.2) is 19.3 Å². The van der Waals surface area contributed by atoms with Gasteiger partial charge in [-0.25, -0.2) is 0 Å². The van der Waals surface area contributed by atoms with Gasteiger partial charge in [-0.05, 0) is 83.0 Å². The van der Waals surface area contributed by atoms with E-state index in [0.717, 1.165) is 25.7 Å². The van der Waals surface area contributed by atoms with Crippen LogP contribution in [0.25, 0.3) is 0 Å². The summed E-state index contributed by atoms with van der Waals surface area (Å²) in [6.45, 7) is 0. The van der Waals surface area contributed by atoms with Gasteiger partial charge in [0.25, 0.3) is 0 Å². The number of hydrogen-bond acceptors (Lipinski definition) is 2. The Kier molecular flexibility index (Phi) is 3.15. The Labute approximate surface area is 141 Å². The average molecular weight is 484 g/mol. The Bertz CT molecular complexity index is 425. The quantitative estimate of drug-likeness (QED) is 0.451. The normalized spacial score (nSPS) is 33.6. The summed E-state index contributed by atoms with van der Waals surface area (Å²) in [5, 5.41) is 0. The van der Waals surface area contributed by atoms with Gasteiger partial charge in [0.1, 0.15) is 11.2 Å².